The first-order valence-electron chi connectivity index (χ1n) is 6.76. The van der Waals surface area contributed by atoms with Crippen LogP contribution in [0.4, 0.5) is 0 Å². The minimum absolute atomic E-state index is 0.252. The van der Waals surface area contributed by atoms with Crippen LogP contribution in [0.3, 0.4) is 0 Å². The molecule has 3 nitrogen and oxygen atoms in total. The minimum Gasteiger partial charge on any atom is -0.341 e. The molecular formula is C15H22N2OS. The molecule has 1 saturated heterocycles. The van der Waals surface area contributed by atoms with Crippen LogP contribution in [0, 0.1) is 5.92 Å². The number of hydrogen-bond donors (Lipinski definition) is 1. The normalized spacial score (nSPS) is 18.5. The Morgan fingerprint density at radius 1 is 1.42 bits per heavy atom. The molecule has 1 aromatic rings. The molecule has 1 atom stereocenters. The van der Waals surface area contributed by atoms with Gasteiger partial charge >= 0.3 is 0 Å². The van der Waals surface area contributed by atoms with Gasteiger partial charge in [-0.05, 0) is 49.4 Å². The first-order chi connectivity index (χ1) is 9.19. The Bertz CT molecular complexity index is 413. The van der Waals surface area contributed by atoms with Crippen molar-refractivity contribution in [2.24, 2.45) is 5.92 Å². The Kier molecular flexibility index (Phi) is 5.28. The molecule has 1 aliphatic heterocycles. The van der Waals surface area contributed by atoms with Crippen LogP contribution in [0.2, 0.25) is 0 Å². The lowest BCUT2D eigenvalue weighted by Gasteiger charge is -2.19. The van der Waals surface area contributed by atoms with E-state index in [1.165, 1.54) is 10.5 Å². The van der Waals surface area contributed by atoms with Gasteiger partial charge in [0.2, 0.25) is 5.91 Å². The summed E-state index contributed by atoms with van der Waals surface area (Å²) in [4.78, 5) is 15.2. The zero-order valence-electron chi connectivity index (χ0n) is 11.7. The smallest absolute Gasteiger partial charge is 0.222 e. The molecular weight excluding hydrogens is 256 g/mol. The molecule has 0 saturated carbocycles. The molecule has 1 unspecified atom stereocenters. The first kappa shape index (κ1) is 14.4. The van der Waals surface area contributed by atoms with E-state index < -0.39 is 0 Å². The molecule has 1 fully saturated rings. The second-order valence-electron chi connectivity index (χ2n) is 5.16. The number of hydrogen-bond acceptors (Lipinski definition) is 3. The highest BCUT2D eigenvalue weighted by molar-refractivity contribution is 7.98. The molecule has 1 amide bonds. The summed E-state index contributed by atoms with van der Waals surface area (Å²) in [5, 5.41) is 3.31. The summed E-state index contributed by atoms with van der Waals surface area (Å²) in [7, 11) is 1.90. The van der Waals surface area contributed by atoms with Gasteiger partial charge in [0, 0.05) is 24.9 Å². The van der Waals surface area contributed by atoms with E-state index in [9.17, 15) is 4.79 Å². The predicted octanol–water partition coefficient (Wildman–Crippen LogP) is 2.37. The molecule has 1 heterocycles. The third kappa shape index (κ3) is 4.25. The third-order valence-corrected chi connectivity index (χ3v) is 4.37. The van der Waals surface area contributed by atoms with Crippen LogP contribution in [0.5, 0.6) is 0 Å². The second kappa shape index (κ2) is 6.96. The zero-order valence-corrected chi connectivity index (χ0v) is 12.5. The predicted molar refractivity (Wildman–Crippen MR) is 80.3 cm³/mol. The van der Waals surface area contributed by atoms with Crippen molar-refractivity contribution in [1.29, 1.82) is 0 Å². The fourth-order valence-corrected chi connectivity index (χ4v) is 2.79. The summed E-state index contributed by atoms with van der Waals surface area (Å²) in [5.74, 6) is 0.775. The summed E-state index contributed by atoms with van der Waals surface area (Å²) in [6, 6.07) is 8.43. The van der Waals surface area contributed by atoms with Gasteiger partial charge in [-0.25, -0.2) is 0 Å². The van der Waals surface area contributed by atoms with Crippen molar-refractivity contribution >= 4 is 17.7 Å². The average Bonchev–Trinajstić information content (AvgIpc) is 2.92. The van der Waals surface area contributed by atoms with Crippen molar-refractivity contribution in [2.75, 3.05) is 26.4 Å². The van der Waals surface area contributed by atoms with E-state index >= 15 is 0 Å². The summed E-state index contributed by atoms with van der Waals surface area (Å²) in [5.41, 5.74) is 1.19. The fraction of sp³-hybridized carbons (Fsp3) is 0.533. The van der Waals surface area contributed by atoms with Crippen molar-refractivity contribution in [2.45, 2.75) is 24.3 Å². The number of benzene rings is 1. The molecule has 0 aromatic heterocycles. The SMILES string of the molecule is CSc1ccc(CN(C)C(=O)CC2CCNC2)cc1. The highest BCUT2D eigenvalue weighted by atomic mass is 32.2. The number of carbonyl (C=O) groups excluding carboxylic acids is 1. The molecule has 0 aliphatic carbocycles. The van der Waals surface area contributed by atoms with Gasteiger partial charge in [-0.15, -0.1) is 11.8 Å². The maximum atomic E-state index is 12.1. The van der Waals surface area contributed by atoms with E-state index in [2.05, 4.69) is 35.8 Å². The van der Waals surface area contributed by atoms with E-state index in [1.807, 2.05) is 11.9 Å². The Morgan fingerprint density at radius 3 is 2.74 bits per heavy atom. The molecule has 0 spiro atoms. The number of carbonyl (C=O) groups is 1. The lowest BCUT2D eigenvalue weighted by molar-refractivity contribution is -0.131. The van der Waals surface area contributed by atoms with Crippen LogP contribution >= 0.6 is 11.8 Å². The molecule has 2 rings (SSSR count). The molecule has 104 valence electrons. The van der Waals surface area contributed by atoms with Gasteiger partial charge in [-0.3, -0.25) is 4.79 Å². The van der Waals surface area contributed by atoms with Crippen molar-refractivity contribution in [3.05, 3.63) is 29.8 Å². The highest BCUT2D eigenvalue weighted by Gasteiger charge is 2.20. The van der Waals surface area contributed by atoms with Crippen LogP contribution in [0.1, 0.15) is 18.4 Å². The third-order valence-electron chi connectivity index (χ3n) is 3.63. The number of nitrogens with zero attached hydrogens (tertiary/aromatic N) is 1. The molecule has 19 heavy (non-hydrogen) atoms. The standard InChI is InChI=1S/C15H22N2OS/c1-17(15(18)9-13-7-8-16-10-13)11-12-3-5-14(19-2)6-4-12/h3-6,13,16H,7-11H2,1-2H3. The average molecular weight is 278 g/mol. The Hall–Kier alpha value is -1.00. The van der Waals surface area contributed by atoms with Crippen molar-refractivity contribution < 1.29 is 4.79 Å². The van der Waals surface area contributed by atoms with Crippen LogP contribution in [0.25, 0.3) is 0 Å². The molecule has 0 bridgehead atoms. The van der Waals surface area contributed by atoms with Crippen LogP contribution < -0.4 is 5.32 Å². The molecule has 1 aromatic carbocycles. The van der Waals surface area contributed by atoms with Gasteiger partial charge in [-0.2, -0.15) is 0 Å². The number of rotatable bonds is 5. The monoisotopic (exact) mass is 278 g/mol. The van der Waals surface area contributed by atoms with Gasteiger partial charge in [0.15, 0.2) is 0 Å². The largest absolute Gasteiger partial charge is 0.341 e. The van der Waals surface area contributed by atoms with Gasteiger partial charge in [0.05, 0.1) is 0 Å². The molecule has 4 heteroatoms. The maximum absolute atomic E-state index is 12.1. The number of amides is 1. The van der Waals surface area contributed by atoms with Gasteiger partial charge in [0.25, 0.3) is 0 Å². The number of thioether (sulfide) groups is 1. The summed E-state index contributed by atoms with van der Waals surface area (Å²) >= 11 is 1.74. The van der Waals surface area contributed by atoms with E-state index in [0.29, 0.717) is 18.9 Å². The maximum Gasteiger partial charge on any atom is 0.222 e. The van der Waals surface area contributed by atoms with Crippen LogP contribution in [-0.2, 0) is 11.3 Å². The molecule has 1 N–H and O–H groups in total. The van der Waals surface area contributed by atoms with E-state index in [4.69, 9.17) is 0 Å². The fourth-order valence-electron chi connectivity index (χ4n) is 2.38. The molecule has 1 aliphatic rings. The summed E-state index contributed by atoms with van der Waals surface area (Å²) < 4.78 is 0. The van der Waals surface area contributed by atoms with Gasteiger partial charge in [0.1, 0.15) is 0 Å². The lowest BCUT2D eigenvalue weighted by atomic mass is 10.0. The van der Waals surface area contributed by atoms with Crippen molar-refractivity contribution in [3.8, 4) is 0 Å². The van der Waals surface area contributed by atoms with Gasteiger partial charge in [-0.1, -0.05) is 12.1 Å². The van der Waals surface area contributed by atoms with Crippen molar-refractivity contribution in [1.82, 2.24) is 10.2 Å². The Labute approximate surface area is 119 Å². The van der Waals surface area contributed by atoms with Crippen molar-refractivity contribution in [3.63, 3.8) is 0 Å². The highest BCUT2D eigenvalue weighted by Crippen LogP contribution is 2.17. The second-order valence-corrected chi connectivity index (χ2v) is 6.04. The first-order valence-corrected chi connectivity index (χ1v) is 7.99. The lowest BCUT2D eigenvalue weighted by Crippen LogP contribution is -2.28. The zero-order chi connectivity index (χ0) is 13.7. The topological polar surface area (TPSA) is 32.3 Å². The van der Waals surface area contributed by atoms with Crippen LogP contribution in [0.15, 0.2) is 29.2 Å². The quantitative estimate of drug-likeness (QED) is 0.839. The minimum atomic E-state index is 0.252. The van der Waals surface area contributed by atoms with E-state index in [-0.39, 0.29) is 5.91 Å². The van der Waals surface area contributed by atoms with Gasteiger partial charge < -0.3 is 10.2 Å². The Morgan fingerprint density at radius 2 is 2.16 bits per heavy atom. The summed E-state index contributed by atoms with van der Waals surface area (Å²) in [6.45, 7) is 2.74. The summed E-state index contributed by atoms with van der Waals surface area (Å²) in [6.07, 6.45) is 3.87. The van der Waals surface area contributed by atoms with E-state index in [0.717, 1.165) is 19.5 Å². The van der Waals surface area contributed by atoms with Crippen LogP contribution in [-0.4, -0.2) is 37.2 Å². The molecule has 0 radical (unpaired) electrons. The Balaban J connectivity index is 1.84. The van der Waals surface area contributed by atoms with E-state index in [1.54, 1.807) is 11.8 Å². The number of nitrogens with one attached hydrogen (secondary N) is 1.